The lowest BCUT2D eigenvalue weighted by molar-refractivity contribution is -0.0498. The summed E-state index contributed by atoms with van der Waals surface area (Å²) >= 11 is 0. The second kappa shape index (κ2) is 6.69. The average Bonchev–Trinajstić information content (AvgIpc) is 2.48. The molecular formula is C15H12F2O4. The second-order valence-corrected chi connectivity index (χ2v) is 3.97. The molecule has 0 aromatic heterocycles. The first-order valence-corrected chi connectivity index (χ1v) is 5.99. The molecule has 0 aliphatic heterocycles. The number of methoxy groups -OCH3 is 1. The van der Waals surface area contributed by atoms with Crippen LogP contribution in [0.25, 0.3) is 0 Å². The fourth-order valence-corrected chi connectivity index (χ4v) is 1.58. The van der Waals surface area contributed by atoms with E-state index >= 15 is 0 Å². The zero-order valence-electron chi connectivity index (χ0n) is 11.1. The van der Waals surface area contributed by atoms with E-state index in [4.69, 9.17) is 9.47 Å². The molecule has 6 heteroatoms. The number of esters is 1. The molecule has 0 fully saturated rings. The highest BCUT2D eigenvalue weighted by Crippen LogP contribution is 2.19. The van der Waals surface area contributed by atoms with Gasteiger partial charge < -0.3 is 14.2 Å². The number of halogens is 2. The monoisotopic (exact) mass is 294 g/mol. The molecule has 0 aliphatic rings. The SMILES string of the molecule is COc1ccc(OC(=O)c2ccc(OC(F)F)cc2)cc1. The number of rotatable bonds is 5. The number of carbonyl (C=O) groups excluding carboxylic acids is 1. The lowest BCUT2D eigenvalue weighted by atomic mass is 10.2. The van der Waals surface area contributed by atoms with Crippen molar-refractivity contribution < 1.29 is 27.8 Å². The van der Waals surface area contributed by atoms with Gasteiger partial charge in [-0.25, -0.2) is 4.79 Å². The third-order valence-electron chi connectivity index (χ3n) is 2.59. The lowest BCUT2D eigenvalue weighted by Crippen LogP contribution is -2.08. The Morgan fingerprint density at radius 3 is 1.95 bits per heavy atom. The quantitative estimate of drug-likeness (QED) is 0.625. The zero-order valence-corrected chi connectivity index (χ0v) is 11.1. The summed E-state index contributed by atoms with van der Waals surface area (Å²) in [5.74, 6) is 0.381. The van der Waals surface area contributed by atoms with E-state index in [1.54, 1.807) is 24.3 Å². The molecule has 0 amide bonds. The van der Waals surface area contributed by atoms with Crippen molar-refractivity contribution >= 4 is 5.97 Å². The van der Waals surface area contributed by atoms with Crippen LogP contribution < -0.4 is 14.2 Å². The summed E-state index contributed by atoms with van der Waals surface area (Å²) in [7, 11) is 1.53. The van der Waals surface area contributed by atoms with Crippen LogP contribution in [0, 0.1) is 0 Å². The predicted molar refractivity (Wildman–Crippen MR) is 71.0 cm³/mol. The summed E-state index contributed by atoms with van der Waals surface area (Å²) in [5, 5.41) is 0. The third-order valence-corrected chi connectivity index (χ3v) is 2.59. The molecule has 0 atom stereocenters. The summed E-state index contributed by atoms with van der Waals surface area (Å²) in [6, 6.07) is 11.7. The van der Waals surface area contributed by atoms with Gasteiger partial charge in [0.15, 0.2) is 0 Å². The van der Waals surface area contributed by atoms with Crippen LogP contribution in [-0.4, -0.2) is 19.7 Å². The maximum Gasteiger partial charge on any atom is 0.387 e. The number of hydrogen-bond donors (Lipinski definition) is 0. The number of alkyl halides is 2. The highest BCUT2D eigenvalue weighted by molar-refractivity contribution is 5.91. The molecule has 0 saturated carbocycles. The van der Waals surface area contributed by atoms with Gasteiger partial charge in [-0.05, 0) is 48.5 Å². The largest absolute Gasteiger partial charge is 0.497 e. The Bertz CT molecular complexity index is 594. The maximum absolute atomic E-state index is 12.0. The van der Waals surface area contributed by atoms with Gasteiger partial charge >= 0.3 is 12.6 Å². The van der Waals surface area contributed by atoms with Crippen LogP contribution >= 0.6 is 0 Å². The van der Waals surface area contributed by atoms with Gasteiger partial charge in [0.05, 0.1) is 12.7 Å². The molecular weight excluding hydrogens is 282 g/mol. The van der Waals surface area contributed by atoms with E-state index in [1.807, 2.05) is 0 Å². The van der Waals surface area contributed by atoms with Crippen molar-refractivity contribution in [2.75, 3.05) is 7.11 Å². The zero-order chi connectivity index (χ0) is 15.2. The Morgan fingerprint density at radius 2 is 1.43 bits per heavy atom. The Hall–Kier alpha value is -2.63. The highest BCUT2D eigenvalue weighted by atomic mass is 19.3. The topological polar surface area (TPSA) is 44.8 Å². The summed E-state index contributed by atoms with van der Waals surface area (Å²) in [5.41, 5.74) is 0.229. The van der Waals surface area contributed by atoms with Crippen molar-refractivity contribution in [1.29, 1.82) is 0 Å². The number of hydrogen-bond acceptors (Lipinski definition) is 4. The van der Waals surface area contributed by atoms with Crippen LogP contribution in [0.1, 0.15) is 10.4 Å². The van der Waals surface area contributed by atoms with E-state index in [1.165, 1.54) is 31.4 Å². The van der Waals surface area contributed by atoms with Gasteiger partial charge in [0, 0.05) is 0 Å². The normalized spacial score (nSPS) is 10.3. The summed E-state index contributed by atoms with van der Waals surface area (Å²) in [4.78, 5) is 11.9. The van der Waals surface area contributed by atoms with Crippen LogP contribution in [0.3, 0.4) is 0 Å². The van der Waals surface area contributed by atoms with Gasteiger partial charge in [0.25, 0.3) is 0 Å². The van der Waals surface area contributed by atoms with Crippen LogP contribution in [0.2, 0.25) is 0 Å². The van der Waals surface area contributed by atoms with Crippen LogP contribution in [0.4, 0.5) is 8.78 Å². The van der Waals surface area contributed by atoms with Crippen molar-refractivity contribution in [1.82, 2.24) is 0 Å². The fourth-order valence-electron chi connectivity index (χ4n) is 1.58. The minimum Gasteiger partial charge on any atom is -0.497 e. The van der Waals surface area contributed by atoms with E-state index in [0.717, 1.165) is 0 Å². The molecule has 0 heterocycles. The predicted octanol–water partition coefficient (Wildman–Crippen LogP) is 3.52. The Labute approximate surface area is 119 Å². The molecule has 0 bridgehead atoms. The van der Waals surface area contributed by atoms with Crippen molar-refractivity contribution in [3.8, 4) is 17.2 Å². The van der Waals surface area contributed by atoms with Crippen molar-refractivity contribution in [2.24, 2.45) is 0 Å². The summed E-state index contributed by atoms with van der Waals surface area (Å²) < 4.78 is 38.3. The molecule has 2 aromatic rings. The van der Waals surface area contributed by atoms with Crippen LogP contribution in [0.5, 0.6) is 17.2 Å². The van der Waals surface area contributed by atoms with Crippen molar-refractivity contribution in [3.63, 3.8) is 0 Å². The smallest absolute Gasteiger partial charge is 0.387 e. The van der Waals surface area contributed by atoms with Gasteiger partial charge in [-0.2, -0.15) is 8.78 Å². The molecule has 4 nitrogen and oxygen atoms in total. The minimum atomic E-state index is -2.90. The maximum atomic E-state index is 12.0. The minimum absolute atomic E-state index is 0.0222. The fraction of sp³-hybridized carbons (Fsp3) is 0.133. The number of ether oxygens (including phenoxy) is 3. The number of benzene rings is 2. The van der Waals surface area contributed by atoms with Crippen molar-refractivity contribution in [2.45, 2.75) is 6.61 Å². The summed E-state index contributed by atoms with van der Waals surface area (Å²) in [6.07, 6.45) is 0. The van der Waals surface area contributed by atoms with Crippen LogP contribution in [-0.2, 0) is 0 Å². The molecule has 110 valence electrons. The Kier molecular flexibility index (Phi) is 4.71. The molecule has 0 saturated heterocycles. The van der Waals surface area contributed by atoms with E-state index in [9.17, 15) is 13.6 Å². The molecule has 0 aliphatic carbocycles. The highest BCUT2D eigenvalue weighted by Gasteiger charge is 2.10. The van der Waals surface area contributed by atoms with E-state index in [0.29, 0.717) is 11.5 Å². The van der Waals surface area contributed by atoms with E-state index in [-0.39, 0.29) is 11.3 Å². The first kappa shape index (κ1) is 14.8. The third kappa shape index (κ3) is 4.17. The Morgan fingerprint density at radius 1 is 0.905 bits per heavy atom. The molecule has 0 radical (unpaired) electrons. The van der Waals surface area contributed by atoms with Crippen LogP contribution in [0.15, 0.2) is 48.5 Å². The Balaban J connectivity index is 2.02. The summed E-state index contributed by atoms with van der Waals surface area (Å²) in [6.45, 7) is -2.90. The van der Waals surface area contributed by atoms with Gasteiger partial charge in [-0.15, -0.1) is 0 Å². The van der Waals surface area contributed by atoms with E-state index < -0.39 is 12.6 Å². The molecule has 2 aromatic carbocycles. The van der Waals surface area contributed by atoms with Gasteiger partial charge in [-0.1, -0.05) is 0 Å². The first-order valence-electron chi connectivity index (χ1n) is 5.99. The number of carbonyl (C=O) groups is 1. The second-order valence-electron chi connectivity index (χ2n) is 3.97. The lowest BCUT2D eigenvalue weighted by Gasteiger charge is -2.07. The average molecular weight is 294 g/mol. The molecule has 0 N–H and O–H groups in total. The molecule has 0 unspecified atom stereocenters. The standard InChI is InChI=1S/C15H12F2O4/c1-19-11-6-8-12(9-7-11)20-14(18)10-2-4-13(5-3-10)21-15(16)17/h2-9,15H,1H3. The van der Waals surface area contributed by atoms with Gasteiger partial charge in [0.2, 0.25) is 0 Å². The van der Waals surface area contributed by atoms with E-state index in [2.05, 4.69) is 4.74 Å². The van der Waals surface area contributed by atoms with Gasteiger partial charge in [-0.3, -0.25) is 0 Å². The molecule has 0 spiro atoms. The van der Waals surface area contributed by atoms with Gasteiger partial charge in [0.1, 0.15) is 17.2 Å². The van der Waals surface area contributed by atoms with Crippen molar-refractivity contribution in [3.05, 3.63) is 54.1 Å². The molecule has 2 rings (SSSR count). The first-order chi connectivity index (χ1) is 10.1. The molecule has 21 heavy (non-hydrogen) atoms.